The van der Waals surface area contributed by atoms with E-state index in [1.165, 1.54) is 11.1 Å². The first-order valence-electron chi connectivity index (χ1n) is 7.00. The number of rotatable bonds is 7. The van der Waals surface area contributed by atoms with Crippen molar-refractivity contribution in [1.82, 2.24) is 5.32 Å². The van der Waals surface area contributed by atoms with E-state index in [-0.39, 0.29) is 5.82 Å². The Morgan fingerprint density at radius 1 is 1.10 bits per heavy atom. The molecule has 0 saturated heterocycles. The topological polar surface area (TPSA) is 21.3 Å². The van der Waals surface area contributed by atoms with E-state index in [4.69, 9.17) is 4.74 Å². The van der Waals surface area contributed by atoms with Gasteiger partial charge in [0.15, 0.2) is 0 Å². The Hall–Kier alpha value is -1.23. The Balaban J connectivity index is 1.92. The van der Waals surface area contributed by atoms with Crippen LogP contribution in [-0.4, -0.2) is 6.61 Å². The molecule has 4 heteroatoms. The van der Waals surface area contributed by atoms with Crippen molar-refractivity contribution >= 4 is 15.9 Å². The molecule has 0 aliphatic carbocycles. The van der Waals surface area contributed by atoms with Gasteiger partial charge in [0, 0.05) is 19.7 Å². The standard InChI is InChI=1S/C17H19BrFNO/c1-2-21-12-15-6-4-3-5-14(15)11-20-10-13-7-8-16(18)17(19)9-13/h3-9,20H,2,10-12H2,1H3. The minimum Gasteiger partial charge on any atom is -0.377 e. The van der Waals surface area contributed by atoms with Gasteiger partial charge in [0.05, 0.1) is 11.1 Å². The van der Waals surface area contributed by atoms with Crippen LogP contribution in [0.2, 0.25) is 0 Å². The molecule has 0 spiro atoms. The SMILES string of the molecule is CCOCc1ccccc1CNCc1ccc(Br)c(F)c1. The fraction of sp³-hybridized carbons (Fsp3) is 0.294. The summed E-state index contributed by atoms with van der Waals surface area (Å²) in [4.78, 5) is 0. The van der Waals surface area contributed by atoms with Crippen LogP contribution in [0.25, 0.3) is 0 Å². The molecule has 1 N–H and O–H groups in total. The minimum atomic E-state index is -0.231. The third-order valence-corrected chi connectivity index (χ3v) is 3.85. The summed E-state index contributed by atoms with van der Waals surface area (Å²) in [6.45, 7) is 4.69. The molecule has 0 aromatic heterocycles. The van der Waals surface area contributed by atoms with Crippen LogP contribution in [0, 0.1) is 5.82 Å². The van der Waals surface area contributed by atoms with Gasteiger partial charge in [0.1, 0.15) is 5.82 Å². The van der Waals surface area contributed by atoms with Crippen LogP contribution in [-0.2, 0) is 24.4 Å². The predicted octanol–water partition coefficient (Wildman–Crippen LogP) is 4.41. The van der Waals surface area contributed by atoms with E-state index in [0.29, 0.717) is 24.2 Å². The molecule has 0 atom stereocenters. The quantitative estimate of drug-likeness (QED) is 0.797. The third kappa shape index (κ3) is 4.92. The van der Waals surface area contributed by atoms with Crippen LogP contribution in [0.5, 0.6) is 0 Å². The number of hydrogen-bond acceptors (Lipinski definition) is 2. The summed E-state index contributed by atoms with van der Waals surface area (Å²) in [7, 11) is 0. The van der Waals surface area contributed by atoms with Crippen LogP contribution in [0.1, 0.15) is 23.6 Å². The normalized spacial score (nSPS) is 10.8. The highest BCUT2D eigenvalue weighted by atomic mass is 79.9. The van der Waals surface area contributed by atoms with E-state index >= 15 is 0 Å². The van der Waals surface area contributed by atoms with Crippen LogP contribution in [0.4, 0.5) is 4.39 Å². The summed E-state index contributed by atoms with van der Waals surface area (Å²) in [6.07, 6.45) is 0. The molecule has 2 nitrogen and oxygen atoms in total. The van der Waals surface area contributed by atoms with Gasteiger partial charge in [-0.2, -0.15) is 0 Å². The Labute approximate surface area is 133 Å². The van der Waals surface area contributed by atoms with Crippen molar-refractivity contribution in [2.24, 2.45) is 0 Å². The first-order valence-corrected chi connectivity index (χ1v) is 7.79. The lowest BCUT2D eigenvalue weighted by molar-refractivity contribution is 0.133. The molecule has 21 heavy (non-hydrogen) atoms. The minimum absolute atomic E-state index is 0.231. The van der Waals surface area contributed by atoms with Crippen molar-refractivity contribution < 1.29 is 9.13 Å². The van der Waals surface area contributed by atoms with Crippen molar-refractivity contribution in [2.75, 3.05) is 6.61 Å². The van der Waals surface area contributed by atoms with Gasteiger partial charge in [-0.05, 0) is 51.7 Å². The number of ether oxygens (including phenoxy) is 1. The van der Waals surface area contributed by atoms with E-state index in [1.54, 1.807) is 12.1 Å². The molecular formula is C17H19BrFNO. The molecule has 2 rings (SSSR count). The zero-order valence-corrected chi connectivity index (χ0v) is 13.6. The molecule has 112 valence electrons. The molecule has 0 aliphatic rings. The predicted molar refractivity (Wildman–Crippen MR) is 86.4 cm³/mol. The van der Waals surface area contributed by atoms with Crippen molar-refractivity contribution in [3.8, 4) is 0 Å². The molecule has 0 bridgehead atoms. The van der Waals surface area contributed by atoms with Crippen molar-refractivity contribution in [1.29, 1.82) is 0 Å². The molecule has 0 fully saturated rings. The van der Waals surface area contributed by atoms with Gasteiger partial charge in [-0.25, -0.2) is 4.39 Å². The second-order valence-corrected chi connectivity index (χ2v) is 5.61. The molecule has 0 amide bonds. The molecule has 0 unspecified atom stereocenters. The number of benzene rings is 2. The molecule has 2 aromatic carbocycles. The fourth-order valence-corrected chi connectivity index (χ4v) is 2.32. The zero-order chi connectivity index (χ0) is 15.1. The average molecular weight is 352 g/mol. The van der Waals surface area contributed by atoms with Crippen molar-refractivity contribution in [3.05, 3.63) is 69.4 Å². The first kappa shape index (κ1) is 16.1. The summed E-state index contributed by atoms with van der Waals surface area (Å²) >= 11 is 3.16. The molecule has 0 heterocycles. The maximum absolute atomic E-state index is 13.4. The summed E-state index contributed by atoms with van der Waals surface area (Å²) in [5.74, 6) is -0.231. The Morgan fingerprint density at radius 2 is 1.86 bits per heavy atom. The smallest absolute Gasteiger partial charge is 0.137 e. The van der Waals surface area contributed by atoms with Crippen LogP contribution in [0.15, 0.2) is 46.9 Å². The summed E-state index contributed by atoms with van der Waals surface area (Å²) < 4.78 is 19.4. The van der Waals surface area contributed by atoms with E-state index in [2.05, 4.69) is 33.4 Å². The lowest BCUT2D eigenvalue weighted by Crippen LogP contribution is -2.14. The van der Waals surface area contributed by atoms with Gasteiger partial charge in [-0.15, -0.1) is 0 Å². The van der Waals surface area contributed by atoms with Gasteiger partial charge in [0.2, 0.25) is 0 Å². The first-order chi connectivity index (χ1) is 10.2. The molecular weight excluding hydrogens is 333 g/mol. The van der Waals surface area contributed by atoms with Crippen molar-refractivity contribution in [3.63, 3.8) is 0 Å². The summed E-state index contributed by atoms with van der Waals surface area (Å²) in [5, 5.41) is 3.34. The number of nitrogens with one attached hydrogen (secondary N) is 1. The van der Waals surface area contributed by atoms with Gasteiger partial charge in [-0.3, -0.25) is 0 Å². The summed E-state index contributed by atoms with van der Waals surface area (Å²) in [5.41, 5.74) is 3.33. The van der Waals surface area contributed by atoms with E-state index in [0.717, 1.165) is 12.1 Å². The highest BCUT2D eigenvalue weighted by molar-refractivity contribution is 9.10. The second-order valence-electron chi connectivity index (χ2n) is 4.76. The average Bonchev–Trinajstić information content (AvgIpc) is 2.50. The highest BCUT2D eigenvalue weighted by Gasteiger charge is 2.03. The Bertz CT molecular complexity index is 589. The lowest BCUT2D eigenvalue weighted by atomic mass is 10.1. The van der Waals surface area contributed by atoms with Crippen LogP contribution in [0.3, 0.4) is 0 Å². The third-order valence-electron chi connectivity index (χ3n) is 3.21. The highest BCUT2D eigenvalue weighted by Crippen LogP contribution is 2.16. The van der Waals surface area contributed by atoms with Gasteiger partial charge >= 0.3 is 0 Å². The second kappa shape index (κ2) is 8.27. The Kier molecular flexibility index (Phi) is 6.36. The van der Waals surface area contributed by atoms with Crippen LogP contribution < -0.4 is 5.32 Å². The van der Waals surface area contributed by atoms with Gasteiger partial charge in [0.25, 0.3) is 0 Å². The summed E-state index contributed by atoms with van der Waals surface area (Å²) in [6, 6.07) is 13.4. The lowest BCUT2D eigenvalue weighted by Gasteiger charge is -2.11. The van der Waals surface area contributed by atoms with Crippen molar-refractivity contribution in [2.45, 2.75) is 26.6 Å². The zero-order valence-electron chi connectivity index (χ0n) is 12.0. The largest absolute Gasteiger partial charge is 0.377 e. The van der Waals surface area contributed by atoms with E-state index in [9.17, 15) is 4.39 Å². The maximum atomic E-state index is 13.4. The molecule has 0 aliphatic heterocycles. The number of hydrogen-bond donors (Lipinski definition) is 1. The van der Waals surface area contributed by atoms with E-state index < -0.39 is 0 Å². The molecule has 2 aromatic rings. The number of halogens is 2. The van der Waals surface area contributed by atoms with Gasteiger partial charge in [-0.1, -0.05) is 30.3 Å². The van der Waals surface area contributed by atoms with Crippen LogP contribution >= 0.6 is 15.9 Å². The fourth-order valence-electron chi connectivity index (χ4n) is 2.07. The van der Waals surface area contributed by atoms with Gasteiger partial charge < -0.3 is 10.1 Å². The maximum Gasteiger partial charge on any atom is 0.137 e. The van der Waals surface area contributed by atoms with E-state index in [1.807, 2.05) is 25.1 Å². The molecule has 0 saturated carbocycles. The Morgan fingerprint density at radius 3 is 2.57 bits per heavy atom. The molecule has 0 radical (unpaired) electrons. The monoisotopic (exact) mass is 351 g/mol.